The van der Waals surface area contributed by atoms with E-state index < -0.39 is 0 Å². The number of carbonyl (C=O) groups excluding carboxylic acids is 2. The van der Waals surface area contributed by atoms with Crippen LogP contribution in [0.5, 0.6) is 0 Å². The average Bonchev–Trinajstić information content (AvgIpc) is 1.98. The third-order valence-corrected chi connectivity index (χ3v) is 2.75. The Morgan fingerprint density at radius 1 is 1.67 bits per heavy atom. The second kappa shape index (κ2) is 2.53. The minimum Gasteiger partial charge on any atom is -0.273 e. The fourth-order valence-electron chi connectivity index (χ4n) is 0.567. The van der Waals surface area contributed by atoms with Crippen LogP contribution in [-0.4, -0.2) is 19.7 Å². The first-order valence-corrected chi connectivity index (χ1v) is 4.25. The SMILES string of the molecule is O=C1CC(I)C(=O)N1Br. The number of carbonyl (C=O) groups is 2. The Bertz CT molecular complexity index is 172. The molecule has 1 heterocycles. The molecule has 1 unspecified atom stereocenters. The summed E-state index contributed by atoms with van der Waals surface area (Å²) in [5, 5.41) is 0. The van der Waals surface area contributed by atoms with Gasteiger partial charge in [0.15, 0.2) is 0 Å². The maximum Gasteiger partial charge on any atom is 0.252 e. The Morgan fingerprint density at radius 3 is 2.33 bits per heavy atom. The van der Waals surface area contributed by atoms with Gasteiger partial charge >= 0.3 is 0 Å². The smallest absolute Gasteiger partial charge is 0.252 e. The highest BCUT2D eigenvalue weighted by Gasteiger charge is 2.35. The molecule has 1 fully saturated rings. The average molecular weight is 304 g/mol. The van der Waals surface area contributed by atoms with Crippen LogP contribution in [0.4, 0.5) is 0 Å². The zero-order chi connectivity index (χ0) is 7.02. The van der Waals surface area contributed by atoms with E-state index in [1.54, 1.807) is 0 Å². The molecule has 0 aromatic heterocycles. The van der Waals surface area contributed by atoms with Gasteiger partial charge in [0.1, 0.15) is 3.92 Å². The molecule has 0 aromatic rings. The molecule has 9 heavy (non-hydrogen) atoms. The fourth-order valence-corrected chi connectivity index (χ4v) is 2.00. The zero-order valence-electron chi connectivity index (χ0n) is 4.30. The fraction of sp³-hybridized carbons (Fsp3) is 0.500. The molecule has 1 atom stereocenters. The molecule has 1 aliphatic heterocycles. The third kappa shape index (κ3) is 1.26. The number of alkyl halides is 1. The number of nitrogens with zero attached hydrogens (tertiary/aromatic N) is 1. The lowest BCUT2D eigenvalue weighted by molar-refractivity contribution is -0.131. The summed E-state index contributed by atoms with van der Waals surface area (Å²) in [5.41, 5.74) is 0. The molecule has 0 aliphatic carbocycles. The largest absolute Gasteiger partial charge is 0.273 e. The number of amides is 2. The lowest BCUT2D eigenvalue weighted by atomic mass is 10.4. The van der Waals surface area contributed by atoms with Gasteiger partial charge in [0, 0.05) is 6.42 Å². The van der Waals surface area contributed by atoms with Crippen LogP contribution in [0, 0.1) is 0 Å². The Labute approximate surface area is 74.3 Å². The summed E-state index contributed by atoms with van der Waals surface area (Å²) < 4.78 is 0.818. The molecule has 2 amide bonds. The monoisotopic (exact) mass is 303 g/mol. The van der Waals surface area contributed by atoms with Crippen molar-refractivity contribution < 1.29 is 9.59 Å². The van der Waals surface area contributed by atoms with Crippen molar-refractivity contribution in [2.75, 3.05) is 0 Å². The van der Waals surface area contributed by atoms with Crippen molar-refractivity contribution in [3.63, 3.8) is 0 Å². The molecular formula is C4H3BrINO2. The van der Waals surface area contributed by atoms with Crippen LogP contribution in [0.25, 0.3) is 0 Å². The summed E-state index contributed by atoms with van der Waals surface area (Å²) in [4.78, 5) is 21.4. The van der Waals surface area contributed by atoms with Crippen molar-refractivity contribution in [1.29, 1.82) is 0 Å². The predicted octanol–water partition coefficient (Wildman–Crippen LogP) is 0.859. The second-order valence-electron chi connectivity index (χ2n) is 1.68. The summed E-state index contributed by atoms with van der Waals surface area (Å²) in [6, 6.07) is 0. The summed E-state index contributed by atoms with van der Waals surface area (Å²) in [5.74, 6) is -0.306. The van der Waals surface area contributed by atoms with Crippen LogP contribution < -0.4 is 0 Å². The molecule has 0 radical (unpaired) electrons. The van der Waals surface area contributed by atoms with E-state index in [0.29, 0.717) is 6.42 Å². The molecule has 1 aliphatic rings. The molecule has 0 aromatic carbocycles. The minimum absolute atomic E-state index is 0.152. The summed E-state index contributed by atoms with van der Waals surface area (Å²) in [7, 11) is 0. The van der Waals surface area contributed by atoms with Crippen molar-refractivity contribution in [2.45, 2.75) is 10.3 Å². The first kappa shape index (κ1) is 7.46. The topological polar surface area (TPSA) is 37.4 Å². The molecule has 3 nitrogen and oxygen atoms in total. The van der Waals surface area contributed by atoms with Gasteiger partial charge in [-0.1, -0.05) is 22.6 Å². The van der Waals surface area contributed by atoms with Gasteiger partial charge in [-0.05, 0) is 0 Å². The number of hydrogen-bond donors (Lipinski definition) is 0. The molecule has 5 heteroatoms. The first-order valence-electron chi connectivity index (χ1n) is 2.29. The van der Waals surface area contributed by atoms with Crippen LogP contribution in [0.15, 0.2) is 0 Å². The van der Waals surface area contributed by atoms with E-state index in [-0.39, 0.29) is 15.7 Å². The lowest BCUT2D eigenvalue weighted by Gasteiger charge is -1.98. The zero-order valence-corrected chi connectivity index (χ0v) is 8.05. The Kier molecular flexibility index (Phi) is 2.10. The van der Waals surface area contributed by atoms with Gasteiger partial charge in [-0.3, -0.25) is 9.59 Å². The van der Waals surface area contributed by atoms with Crippen molar-refractivity contribution in [1.82, 2.24) is 3.93 Å². The number of hydrogen-bond acceptors (Lipinski definition) is 2. The van der Waals surface area contributed by atoms with Crippen molar-refractivity contribution >= 4 is 50.6 Å². The van der Waals surface area contributed by atoms with E-state index in [0.717, 1.165) is 3.93 Å². The van der Waals surface area contributed by atoms with Gasteiger partial charge < -0.3 is 0 Å². The minimum atomic E-state index is -0.172. The van der Waals surface area contributed by atoms with E-state index in [1.807, 2.05) is 22.6 Å². The molecule has 0 N–H and O–H groups in total. The highest BCUT2D eigenvalue weighted by Crippen LogP contribution is 2.22. The van der Waals surface area contributed by atoms with Crippen molar-refractivity contribution in [2.24, 2.45) is 0 Å². The van der Waals surface area contributed by atoms with Crippen LogP contribution in [0.2, 0.25) is 0 Å². The molecule has 0 spiro atoms. The van der Waals surface area contributed by atoms with Crippen LogP contribution in [-0.2, 0) is 9.59 Å². The molecule has 0 saturated carbocycles. The highest BCUT2D eigenvalue weighted by molar-refractivity contribution is 14.1. The van der Waals surface area contributed by atoms with Crippen LogP contribution in [0.3, 0.4) is 0 Å². The maximum absolute atomic E-state index is 10.8. The number of halogens is 2. The van der Waals surface area contributed by atoms with Crippen LogP contribution in [0.1, 0.15) is 6.42 Å². The standard InChI is InChI=1S/C4H3BrINO2/c5-7-3(8)1-2(6)4(7)9/h2H,1H2. The highest BCUT2D eigenvalue weighted by atomic mass is 127. The molecule has 0 bridgehead atoms. The second-order valence-corrected chi connectivity index (χ2v) is 3.90. The molecular weight excluding hydrogens is 301 g/mol. The normalized spacial score (nSPS) is 27.8. The summed E-state index contributed by atoms with van der Waals surface area (Å²) >= 11 is 4.79. The van der Waals surface area contributed by atoms with Gasteiger partial charge in [-0.2, -0.15) is 0 Å². The Balaban J connectivity index is 2.77. The molecule has 1 rings (SSSR count). The predicted molar refractivity (Wildman–Crippen MR) is 43.2 cm³/mol. The maximum atomic E-state index is 10.8. The van der Waals surface area contributed by atoms with E-state index in [1.165, 1.54) is 0 Å². The van der Waals surface area contributed by atoms with Gasteiger partial charge in [0.2, 0.25) is 5.91 Å². The van der Waals surface area contributed by atoms with Crippen molar-refractivity contribution in [3.8, 4) is 0 Å². The van der Waals surface area contributed by atoms with E-state index >= 15 is 0 Å². The van der Waals surface area contributed by atoms with Crippen molar-refractivity contribution in [3.05, 3.63) is 0 Å². The number of imide groups is 1. The summed E-state index contributed by atoms with van der Waals surface area (Å²) in [6.07, 6.45) is 0.324. The number of rotatable bonds is 0. The van der Waals surface area contributed by atoms with Crippen LogP contribution >= 0.6 is 38.7 Å². The van der Waals surface area contributed by atoms with E-state index in [2.05, 4.69) is 16.1 Å². The quantitative estimate of drug-likeness (QED) is 0.288. The van der Waals surface area contributed by atoms with Gasteiger partial charge in [0.05, 0.1) is 16.1 Å². The van der Waals surface area contributed by atoms with Gasteiger partial charge in [-0.15, -0.1) is 0 Å². The Hall–Kier alpha value is 0.350. The molecule has 1 saturated heterocycles. The first-order chi connectivity index (χ1) is 4.13. The summed E-state index contributed by atoms with van der Waals surface area (Å²) in [6.45, 7) is 0. The third-order valence-electron chi connectivity index (χ3n) is 1.03. The van der Waals surface area contributed by atoms with E-state index in [9.17, 15) is 9.59 Å². The molecule has 50 valence electrons. The lowest BCUT2D eigenvalue weighted by Crippen LogP contribution is -2.19. The van der Waals surface area contributed by atoms with Gasteiger partial charge in [0.25, 0.3) is 5.91 Å². The van der Waals surface area contributed by atoms with Gasteiger partial charge in [-0.25, -0.2) is 3.93 Å². The van der Waals surface area contributed by atoms with E-state index in [4.69, 9.17) is 0 Å². The Morgan fingerprint density at radius 2 is 2.22 bits per heavy atom.